The lowest BCUT2D eigenvalue weighted by molar-refractivity contribution is -0.113. The molecule has 0 aliphatic heterocycles. The minimum absolute atomic E-state index is 0.0744. The van der Waals surface area contributed by atoms with Gasteiger partial charge in [-0.2, -0.15) is 5.26 Å². The predicted octanol–water partition coefficient (Wildman–Crippen LogP) is 5.20. The van der Waals surface area contributed by atoms with Crippen LogP contribution >= 0.6 is 23.4 Å². The van der Waals surface area contributed by atoms with Crippen molar-refractivity contribution in [2.45, 2.75) is 5.16 Å². The number of nitriles is 1. The van der Waals surface area contributed by atoms with Gasteiger partial charge in [-0.15, -0.1) is 10.2 Å². The SMILES string of the molecule is COc1ccc(-c2nnc(SCC(=O)Nc3cc(Cl)ccc3C#N)n2-c2ccccc2)cc1. The van der Waals surface area contributed by atoms with E-state index in [1.807, 2.05) is 65.2 Å². The molecule has 0 saturated carbocycles. The zero-order valence-corrected chi connectivity index (χ0v) is 19.1. The average molecular weight is 476 g/mol. The summed E-state index contributed by atoms with van der Waals surface area (Å²) in [5.74, 6) is 1.18. The van der Waals surface area contributed by atoms with E-state index in [9.17, 15) is 10.1 Å². The third-order valence-corrected chi connectivity index (χ3v) is 5.87. The molecule has 0 atom stereocenters. The number of nitrogens with zero attached hydrogens (tertiary/aromatic N) is 4. The van der Waals surface area contributed by atoms with Gasteiger partial charge in [-0.25, -0.2) is 0 Å². The monoisotopic (exact) mass is 475 g/mol. The van der Waals surface area contributed by atoms with Gasteiger partial charge in [-0.05, 0) is 54.6 Å². The molecule has 3 aromatic carbocycles. The Hall–Kier alpha value is -3.80. The number of hydrogen-bond acceptors (Lipinski definition) is 6. The summed E-state index contributed by atoms with van der Waals surface area (Å²) in [7, 11) is 1.62. The number of benzene rings is 3. The van der Waals surface area contributed by atoms with Crippen molar-refractivity contribution in [2.75, 3.05) is 18.2 Å². The Morgan fingerprint density at radius 2 is 1.88 bits per heavy atom. The molecular weight excluding hydrogens is 458 g/mol. The molecule has 1 amide bonds. The van der Waals surface area contributed by atoms with E-state index in [-0.39, 0.29) is 11.7 Å². The molecule has 0 unspecified atom stereocenters. The normalized spacial score (nSPS) is 10.5. The van der Waals surface area contributed by atoms with Crippen LogP contribution in [0.2, 0.25) is 5.02 Å². The number of anilines is 1. The molecule has 0 bridgehead atoms. The van der Waals surface area contributed by atoms with Gasteiger partial charge in [0.05, 0.1) is 24.1 Å². The molecule has 7 nitrogen and oxygen atoms in total. The van der Waals surface area contributed by atoms with E-state index < -0.39 is 0 Å². The Balaban J connectivity index is 1.59. The second kappa shape index (κ2) is 10.2. The van der Waals surface area contributed by atoms with Gasteiger partial charge < -0.3 is 10.1 Å². The molecule has 4 aromatic rings. The lowest BCUT2D eigenvalue weighted by Gasteiger charge is -2.11. The van der Waals surface area contributed by atoms with Crippen LogP contribution in [0.3, 0.4) is 0 Å². The maximum Gasteiger partial charge on any atom is 0.234 e. The third kappa shape index (κ3) is 5.17. The number of thioether (sulfide) groups is 1. The van der Waals surface area contributed by atoms with Crippen LogP contribution in [0.5, 0.6) is 5.75 Å². The van der Waals surface area contributed by atoms with Crippen LogP contribution in [-0.2, 0) is 4.79 Å². The smallest absolute Gasteiger partial charge is 0.234 e. The summed E-state index contributed by atoms with van der Waals surface area (Å²) in [5, 5.41) is 21.7. The molecule has 33 heavy (non-hydrogen) atoms. The summed E-state index contributed by atoms with van der Waals surface area (Å²) in [6.45, 7) is 0. The first-order valence-electron chi connectivity index (χ1n) is 9.86. The molecule has 164 valence electrons. The van der Waals surface area contributed by atoms with Crippen LogP contribution in [0, 0.1) is 11.3 Å². The fourth-order valence-corrected chi connectivity index (χ4v) is 4.06. The summed E-state index contributed by atoms with van der Waals surface area (Å²) in [6.07, 6.45) is 0. The lowest BCUT2D eigenvalue weighted by Crippen LogP contribution is -2.15. The first-order chi connectivity index (χ1) is 16.1. The van der Waals surface area contributed by atoms with Crippen LogP contribution in [-0.4, -0.2) is 33.5 Å². The van der Waals surface area contributed by atoms with Crippen molar-refractivity contribution in [3.8, 4) is 28.9 Å². The first kappa shape index (κ1) is 22.4. The summed E-state index contributed by atoms with van der Waals surface area (Å²) >= 11 is 7.25. The number of aromatic nitrogens is 3. The minimum atomic E-state index is -0.285. The molecule has 0 saturated heterocycles. The maximum absolute atomic E-state index is 12.6. The zero-order valence-electron chi connectivity index (χ0n) is 17.5. The number of nitrogens with one attached hydrogen (secondary N) is 1. The van der Waals surface area contributed by atoms with Crippen molar-refractivity contribution >= 4 is 35.0 Å². The van der Waals surface area contributed by atoms with E-state index in [1.165, 1.54) is 11.8 Å². The first-order valence-corrected chi connectivity index (χ1v) is 11.2. The Morgan fingerprint density at radius 1 is 1.12 bits per heavy atom. The van der Waals surface area contributed by atoms with Gasteiger partial charge in [0.2, 0.25) is 5.91 Å². The molecule has 0 spiro atoms. The van der Waals surface area contributed by atoms with Crippen molar-refractivity contribution in [3.05, 3.63) is 83.4 Å². The number of ether oxygens (including phenoxy) is 1. The summed E-state index contributed by atoms with van der Waals surface area (Å²) < 4.78 is 7.15. The molecule has 4 rings (SSSR count). The zero-order chi connectivity index (χ0) is 23.2. The van der Waals surface area contributed by atoms with E-state index >= 15 is 0 Å². The van der Waals surface area contributed by atoms with Crippen LogP contribution in [0.25, 0.3) is 17.1 Å². The number of halogens is 1. The van der Waals surface area contributed by atoms with Crippen LogP contribution in [0.4, 0.5) is 5.69 Å². The number of carbonyl (C=O) groups excluding carboxylic acids is 1. The molecule has 1 heterocycles. The third-order valence-electron chi connectivity index (χ3n) is 4.70. The molecule has 1 aromatic heterocycles. The number of rotatable bonds is 7. The van der Waals surface area contributed by atoms with Gasteiger partial charge in [-0.3, -0.25) is 9.36 Å². The molecular formula is C24H18ClN5O2S. The van der Waals surface area contributed by atoms with Gasteiger partial charge in [0.15, 0.2) is 11.0 Å². The van der Waals surface area contributed by atoms with E-state index in [4.69, 9.17) is 16.3 Å². The Morgan fingerprint density at radius 3 is 2.58 bits per heavy atom. The second-order valence-corrected chi connectivity index (χ2v) is 8.22. The van der Waals surface area contributed by atoms with Crippen molar-refractivity contribution in [1.82, 2.24) is 14.8 Å². The Kier molecular flexibility index (Phi) is 6.93. The largest absolute Gasteiger partial charge is 0.497 e. The number of para-hydroxylation sites is 1. The highest BCUT2D eigenvalue weighted by atomic mass is 35.5. The maximum atomic E-state index is 12.6. The van der Waals surface area contributed by atoms with Crippen LogP contribution < -0.4 is 10.1 Å². The van der Waals surface area contributed by atoms with Crippen molar-refractivity contribution in [1.29, 1.82) is 5.26 Å². The summed E-state index contributed by atoms with van der Waals surface area (Å²) in [5.41, 5.74) is 2.45. The highest BCUT2D eigenvalue weighted by molar-refractivity contribution is 7.99. The molecule has 0 fully saturated rings. The quantitative estimate of drug-likeness (QED) is 0.369. The van der Waals surface area contributed by atoms with Crippen LogP contribution in [0.15, 0.2) is 78.0 Å². The number of hydrogen-bond donors (Lipinski definition) is 1. The topological polar surface area (TPSA) is 92.8 Å². The van der Waals surface area contributed by atoms with E-state index in [0.717, 1.165) is 17.0 Å². The molecule has 9 heteroatoms. The van der Waals surface area contributed by atoms with E-state index in [2.05, 4.69) is 15.5 Å². The fraction of sp³-hybridized carbons (Fsp3) is 0.0833. The highest BCUT2D eigenvalue weighted by Crippen LogP contribution is 2.29. The van der Waals surface area contributed by atoms with Gasteiger partial charge in [0.25, 0.3) is 0 Å². The molecule has 0 aliphatic carbocycles. The number of amides is 1. The van der Waals surface area contributed by atoms with Crippen molar-refractivity contribution < 1.29 is 9.53 Å². The molecule has 1 N–H and O–H groups in total. The lowest BCUT2D eigenvalue weighted by atomic mass is 10.2. The van der Waals surface area contributed by atoms with E-state index in [0.29, 0.717) is 27.3 Å². The number of carbonyl (C=O) groups is 1. The van der Waals surface area contributed by atoms with Gasteiger partial charge in [-0.1, -0.05) is 41.6 Å². The molecule has 0 radical (unpaired) electrons. The fourth-order valence-electron chi connectivity index (χ4n) is 3.13. The Labute approximate surface area is 200 Å². The van der Waals surface area contributed by atoms with Gasteiger partial charge in [0, 0.05) is 16.3 Å². The Bertz CT molecular complexity index is 1320. The predicted molar refractivity (Wildman–Crippen MR) is 129 cm³/mol. The second-order valence-electron chi connectivity index (χ2n) is 6.84. The molecule has 0 aliphatic rings. The summed E-state index contributed by atoms with van der Waals surface area (Å²) in [6, 6.07) is 24.0. The minimum Gasteiger partial charge on any atom is -0.497 e. The van der Waals surface area contributed by atoms with Crippen LogP contribution in [0.1, 0.15) is 5.56 Å². The van der Waals surface area contributed by atoms with Crippen molar-refractivity contribution in [3.63, 3.8) is 0 Å². The van der Waals surface area contributed by atoms with Crippen molar-refractivity contribution in [2.24, 2.45) is 0 Å². The summed E-state index contributed by atoms with van der Waals surface area (Å²) in [4.78, 5) is 12.6. The van der Waals surface area contributed by atoms with Gasteiger partial charge in [0.1, 0.15) is 11.8 Å². The highest BCUT2D eigenvalue weighted by Gasteiger charge is 2.18. The van der Waals surface area contributed by atoms with E-state index in [1.54, 1.807) is 25.3 Å². The average Bonchev–Trinajstić information content (AvgIpc) is 3.27. The van der Waals surface area contributed by atoms with Gasteiger partial charge >= 0.3 is 0 Å². The standard InChI is InChI=1S/C24H18ClN5O2S/c1-32-20-11-8-16(9-12-20)23-28-29-24(30(23)19-5-3-2-4-6-19)33-15-22(31)27-21-13-18(25)10-7-17(21)14-26/h2-13H,15H2,1H3,(H,27,31). The number of methoxy groups -OCH3 is 1.